The molecule has 1 atom stereocenters. The molecule has 0 bridgehead atoms. The smallest absolute Gasteiger partial charge is 0.231 e. The van der Waals surface area contributed by atoms with Crippen molar-refractivity contribution in [1.29, 1.82) is 0 Å². The topological polar surface area (TPSA) is 46.2 Å². The molecule has 0 aromatic heterocycles. The van der Waals surface area contributed by atoms with Gasteiger partial charge in [0.15, 0.2) is 0 Å². The molecule has 1 rings (SSSR count). The zero-order chi connectivity index (χ0) is 11.3. The number of rotatable bonds is 4. The summed E-state index contributed by atoms with van der Waals surface area (Å²) in [5, 5.41) is 0. The lowest BCUT2D eigenvalue weighted by atomic mass is 10.3. The van der Waals surface area contributed by atoms with Gasteiger partial charge in [-0.25, -0.2) is 4.21 Å². The first kappa shape index (κ1) is 11.8. The second-order valence-electron chi connectivity index (χ2n) is 3.26. The van der Waals surface area contributed by atoms with E-state index in [9.17, 15) is 9.00 Å². The second-order valence-corrected chi connectivity index (χ2v) is 5.29. The van der Waals surface area contributed by atoms with Gasteiger partial charge in [0.05, 0.1) is 9.71 Å². The zero-order valence-corrected chi connectivity index (χ0v) is 9.55. The minimum absolute atomic E-state index is 0.221. The van der Waals surface area contributed by atoms with Crippen LogP contribution in [0.2, 0.25) is 0 Å². The van der Waals surface area contributed by atoms with Crippen molar-refractivity contribution in [2.24, 2.45) is 0 Å². The SMILES string of the molecule is C=S(=O)(NC(=O)CCC)c1ccccc1. The predicted molar refractivity (Wildman–Crippen MR) is 63.0 cm³/mol. The van der Waals surface area contributed by atoms with Crippen LogP contribution in [0, 0.1) is 0 Å². The third kappa shape index (κ3) is 3.40. The van der Waals surface area contributed by atoms with Crippen LogP contribution in [0.1, 0.15) is 19.8 Å². The van der Waals surface area contributed by atoms with E-state index in [1.165, 1.54) is 0 Å². The molecule has 0 fully saturated rings. The first-order valence-corrected chi connectivity index (χ1v) is 6.52. The van der Waals surface area contributed by atoms with Crippen LogP contribution < -0.4 is 4.72 Å². The normalized spacial score (nSPS) is 14.2. The summed E-state index contributed by atoms with van der Waals surface area (Å²) in [6, 6.07) is 8.76. The van der Waals surface area contributed by atoms with Gasteiger partial charge in [-0.05, 0) is 24.4 Å². The lowest BCUT2D eigenvalue weighted by Crippen LogP contribution is -2.29. The first-order valence-electron chi connectivity index (χ1n) is 4.79. The Morgan fingerprint density at radius 2 is 2.00 bits per heavy atom. The highest BCUT2D eigenvalue weighted by Crippen LogP contribution is 2.07. The summed E-state index contributed by atoms with van der Waals surface area (Å²) < 4.78 is 14.5. The molecule has 0 saturated heterocycles. The molecule has 4 heteroatoms. The summed E-state index contributed by atoms with van der Waals surface area (Å²) in [7, 11) is -2.68. The molecule has 82 valence electrons. The largest absolute Gasteiger partial charge is 0.279 e. The average molecular weight is 225 g/mol. The Morgan fingerprint density at radius 3 is 2.53 bits per heavy atom. The van der Waals surface area contributed by atoms with E-state index in [1.807, 2.05) is 13.0 Å². The van der Waals surface area contributed by atoms with Crippen molar-refractivity contribution in [1.82, 2.24) is 4.72 Å². The number of hydrogen-bond acceptors (Lipinski definition) is 2. The third-order valence-electron chi connectivity index (χ3n) is 1.88. The van der Waals surface area contributed by atoms with Crippen LogP contribution in [-0.2, 0) is 14.5 Å². The van der Waals surface area contributed by atoms with E-state index in [-0.39, 0.29) is 5.91 Å². The minimum Gasteiger partial charge on any atom is -0.279 e. The van der Waals surface area contributed by atoms with E-state index in [0.717, 1.165) is 6.42 Å². The maximum absolute atomic E-state index is 12.0. The molecule has 1 amide bonds. The Bertz CT molecular complexity index is 423. The molecule has 0 heterocycles. The minimum atomic E-state index is -2.68. The van der Waals surface area contributed by atoms with E-state index in [1.54, 1.807) is 24.3 Å². The maximum atomic E-state index is 12.0. The average Bonchev–Trinajstić information content (AvgIpc) is 2.18. The van der Waals surface area contributed by atoms with Gasteiger partial charge in [0, 0.05) is 11.3 Å². The molecule has 1 aromatic rings. The van der Waals surface area contributed by atoms with Crippen molar-refractivity contribution in [3.8, 4) is 0 Å². The van der Waals surface area contributed by atoms with Gasteiger partial charge in [-0.1, -0.05) is 25.1 Å². The number of carbonyl (C=O) groups excluding carboxylic acids is 1. The van der Waals surface area contributed by atoms with Gasteiger partial charge in [0.1, 0.15) is 0 Å². The Balaban J connectivity index is 2.81. The van der Waals surface area contributed by atoms with Gasteiger partial charge in [0.25, 0.3) is 0 Å². The number of nitrogens with one attached hydrogen (secondary N) is 1. The molecule has 1 unspecified atom stereocenters. The fourth-order valence-electron chi connectivity index (χ4n) is 1.16. The molecule has 1 aromatic carbocycles. The van der Waals surface area contributed by atoms with Gasteiger partial charge < -0.3 is 0 Å². The molecule has 0 aliphatic carbocycles. The van der Waals surface area contributed by atoms with Crippen LogP contribution in [0.5, 0.6) is 0 Å². The Morgan fingerprint density at radius 1 is 1.40 bits per heavy atom. The molecule has 3 nitrogen and oxygen atoms in total. The van der Waals surface area contributed by atoms with Crippen molar-refractivity contribution >= 4 is 21.5 Å². The number of hydrogen-bond donors (Lipinski definition) is 1. The number of carbonyl (C=O) groups is 1. The summed E-state index contributed by atoms with van der Waals surface area (Å²) in [6.45, 7) is 1.90. The van der Waals surface area contributed by atoms with Crippen LogP contribution in [0.4, 0.5) is 0 Å². The van der Waals surface area contributed by atoms with Crippen LogP contribution in [-0.4, -0.2) is 16.0 Å². The zero-order valence-electron chi connectivity index (χ0n) is 8.73. The van der Waals surface area contributed by atoms with Gasteiger partial charge >= 0.3 is 0 Å². The Kier molecular flexibility index (Phi) is 3.91. The van der Waals surface area contributed by atoms with E-state index < -0.39 is 9.71 Å². The van der Waals surface area contributed by atoms with Gasteiger partial charge in [-0.3, -0.25) is 9.52 Å². The van der Waals surface area contributed by atoms with Crippen LogP contribution in [0.15, 0.2) is 35.2 Å². The lowest BCUT2D eigenvalue weighted by molar-refractivity contribution is -0.119. The quantitative estimate of drug-likeness (QED) is 0.791. The molecule has 0 aliphatic heterocycles. The van der Waals surface area contributed by atoms with Crippen LogP contribution in [0.25, 0.3) is 0 Å². The molecule has 1 N–H and O–H groups in total. The summed E-state index contributed by atoms with van der Waals surface area (Å²) >= 11 is 0. The number of amides is 1. The van der Waals surface area contributed by atoms with E-state index in [2.05, 4.69) is 10.6 Å². The highest BCUT2D eigenvalue weighted by molar-refractivity contribution is 7.99. The van der Waals surface area contributed by atoms with Crippen molar-refractivity contribution in [2.75, 3.05) is 0 Å². The van der Waals surface area contributed by atoms with Crippen molar-refractivity contribution in [3.05, 3.63) is 30.3 Å². The first-order chi connectivity index (χ1) is 7.06. The van der Waals surface area contributed by atoms with E-state index >= 15 is 0 Å². The maximum Gasteiger partial charge on any atom is 0.231 e. The van der Waals surface area contributed by atoms with E-state index in [0.29, 0.717) is 11.3 Å². The summed E-state index contributed by atoms with van der Waals surface area (Å²) in [4.78, 5) is 11.9. The van der Waals surface area contributed by atoms with E-state index in [4.69, 9.17) is 0 Å². The molecular weight excluding hydrogens is 210 g/mol. The predicted octanol–water partition coefficient (Wildman–Crippen LogP) is 1.59. The second kappa shape index (κ2) is 4.98. The lowest BCUT2D eigenvalue weighted by Gasteiger charge is -2.10. The van der Waals surface area contributed by atoms with Crippen molar-refractivity contribution < 1.29 is 9.00 Å². The van der Waals surface area contributed by atoms with Gasteiger partial charge in [-0.15, -0.1) is 0 Å². The fraction of sp³-hybridized carbons (Fsp3) is 0.273. The van der Waals surface area contributed by atoms with Gasteiger partial charge in [-0.2, -0.15) is 0 Å². The Labute approximate surface area is 90.6 Å². The fourth-order valence-corrected chi connectivity index (χ4v) is 2.35. The number of benzene rings is 1. The standard InChI is InChI=1S/C11H15NO2S/c1-3-7-11(13)12-15(2,14)10-8-5-4-6-9-10/h4-6,8-9H,2-3,7H2,1H3,(H,12,13,14). The van der Waals surface area contributed by atoms with Crippen molar-refractivity contribution in [2.45, 2.75) is 24.7 Å². The molecule has 0 radical (unpaired) electrons. The highest BCUT2D eigenvalue weighted by Gasteiger charge is 2.09. The molecule has 0 spiro atoms. The Hall–Kier alpha value is -1.29. The van der Waals surface area contributed by atoms with Crippen LogP contribution in [0.3, 0.4) is 0 Å². The molecule has 0 aliphatic rings. The summed E-state index contributed by atoms with van der Waals surface area (Å²) in [5.41, 5.74) is 0. The highest BCUT2D eigenvalue weighted by atomic mass is 32.2. The van der Waals surface area contributed by atoms with Crippen LogP contribution >= 0.6 is 0 Å². The van der Waals surface area contributed by atoms with Gasteiger partial charge in [0.2, 0.25) is 5.91 Å². The summed E-state index contributed by atoms with van der Waals surface area (Å²) in [6.07, 6.45) is 1.11. The molecular formula is C11H15NO2S. The summed E-state index contributed by atoms with van der Waals surface area (Å²) in [5.74, 6) is 3.34. The van der Waals surface area contributed by atoms with Crippen molar-refractivity contribution in [3.63, 3.8) is 0 Å². The third-order valence-corrected chi connectivity index (χ3v) is 3.47. The molecule has 0 saturated carbocycles. The molecule has 15 heavy (non-hydrogen) atoms. The monoisotopic (exact) mass is 225 g/mol.